The number of carbonyl (C=O) groups excluding carboxylic acids is 1. The third-order valence-electron chi connectivity index (χ3n) is 2.45. The highest BCUT2D eigenvalue weighted by Gasteiger charge is 2.21. The van der Waals surface area contributed by atoms with E-state index in [9.17, 15) is 4.79 Å². The van der Waals surface area contributed by atoms with Crippen LogP contribution in [0.4, 0.5) is 0 Å². The summed E-state index contributed by atoms with van der Waals surface area (Å²) >= 11 is 0. The van der Waals surface area contributed by atoms with Crippen molar-refractivity contribution in [2.24, 2.45) is 11.8 Å². The van der Waals surface area contributed by atoms with Crippen molar-refractivity contribution >= 4 is 5.78 Å². The van der Waals surface area contributed by atoms with Gasteiger partial charge in [-0.2, -0.15) is 0 Å². The van der Waals surface area contributed by atoms with Crippen LogP contribution in [-0.2, 0) is 4.79 Å². The zero-order valence-electron chi connectivity index (χ0n) is 8.00. The number of Topliss-reactive ketones (excluding diaryl/α,β-unsaturated/α-hetero) is 1. The number of ketones is 1. The van der Waals surface area contributed by atoms with Gasteiger partial charge in [0.2, 0.25) is 0 Å². The van der Waals surface area contributed by atoms with Crippen molar-refractivity contribution in [2.75, 3.05) is 0 Å². The van der Waals surface area contributed by atoms with Crippen LogP contribution in [0.1, 0.15) is 27.2 Å². The summed E-state index contributed by atoms with van der Waals surface area (Å²) in [6.07, 6.45) is 7.32. The highest BCUT2D eigenvalue weighted by molar-refractivity contribution is 5.81. The second-order valence-corrected chi connectivity index (χ2v) is 3.48. The molecule has 0 aromatic rings. The molecule has 0 aliphatic heterocycles. The SMILES string of the molecule is CCC1C=C(C)C=CC1C(C)=O. The average molecular weight is 164 g/mol. The van der Waals surface area contributed by atoms with Crippen molar-refractivity contribution < 1.29 is 4.79 Å². The number of rotatable bonds is 2. The van der Waals surface area contributed by atoms with Gasteiger partial charge in [0.1, 0.15) is 5.78 Å². The monoisotopic (exact) mass is 164 g/mol. The maximum atomic E-state index is 11.2. The van der Waals surface area contributed by atoms with Gasteiger partial charge in [0.05, 0.1) is 0 Å². The second-order valence-electron chi connectivity index (χ2n) is 3.48. The summed E-state index contributed by atoms with van der Waals surface area (Å²) in [5.41, 5.74) is 1.28. The topological polar surface area (TPSA) is 17.1 Å². The molecule has 0 aromatic carbocycles. The minimum Gasteiger partial charge on any atom is -0.299 e. The first-order chi connectivity index (χ1) is 5.65. The average Bonchev–Trinajstić information content (AvgIpc) is 2.03. The molecule has 0 radical (unpaired) electrons. The van der Waals surface area contributed by atoms with Crippen molar-refractivity contribution in [3.8, 4) is 0 Å². The Morgan fingerprint density at radius 2 is 2.25 bits per heavy atom. The van der Waals surface area contributed by atoms with E-state index in [0.29, 0.717) is 5.92 Å². The van der Waals surface area contributed by atoms with Gasteiger partial charge in [0, 0.05) is 5.92 Å². The van der Waals surface area contributed by atoms with Gasteiger partial charge < -0.3 is 0 Å². The van der Waals surface area contributed by atoms with E-state index < -0.39 is 0 Å². The lowest BCUT2D eigenvalue weighted by Crippen LogP contribution is -2.19. The van der Waals surface area contributed by atoms with Crippen LogP contribution in [0, 0.1) is 11.8 Å². The molecule has 0 saturated carbocycles. The van der Waals surface area contributed by atoms with Crippen LogP contribution in [0.2, 0.25) is 0 Å². The molecule has 0 N–H and O–H groups in total. The Kier molecular flexibility index (Phi) is 2.85. The van der Waals surface area contributed by atoms with E-state index in [1.165, 1.54) is 5.57 Å². The van der Waals surface area contributed by atoms with Gasteiger partial charge >= 0.3 is 0 Å². The Labute approximate surface area is 74.2 Å². The second kappa shape index (κ2) is 3.70. The summed E-state index contributed by atoms with van der Waals surface area (Å²) in [7, 11) is 0. The Balaban J connectivity index is 2.79. The summed E-state index contributed by atoms with van der Waals surface area (Å²) in [6, 6.07) is 0. The third kappa shape index (κ3) is 1.84. The van der Waals surface area contributed by atoms with E-state index in [1.54, 1.807) is 6.92 Å². The predicted molar refractivity (Wildman–Crippen MR) is 50.8 cm³/mol. The minimum atomic E-state index is 0.124. The van der Waals surface area contributed by atoms with Crippen LogP contribution >= 0.6 is 0 Å². The third-order valence-corrected chi connectivity index (χ3v) is 2.45. The number of allylic oxidation sites excluding steroid dienone is 4. The van der Waals surface area contributed by atoms with E-state index in [1.807, 2.05) is 12.2 Å². The molecule has 12 heavy (non-hydrogen) atoms. The summed E-state index contributed by atoms with van der Waals surface area (Å²) in [5.74, 6) is 0.827. The van der Waals surface area contributed by atoms with Gasteiger partial charge in [-0.3, -0.25) is 4.79 Å². The van der Waals surface area contributed by atoms with Crippen LogP contribution < -0.4 is 0 Å². The smallest absolute Gasteiger partial charge is 0.137 e. The summed E-state index contributed by atoms with van der Waals surface area (Å²) < 4.78 is 0. The Hall–Kier alpha value is -0.850. The maximum Gasteiger partial charge on any atom is 0.137 e. The number of hydrogen-bond donors (Lipinski definition) is 0. The molecule has 0 heterocycles. The molecule has 1 rings (SSSR count). The molecular formula is C11H16O. The molecule has 1 aliphatic carbocycles. The lowest BCUT2D eigenvalue weighted by Gasteiger charge is -2.21. The molecule has 1 nitrogen and oxygen atoms in total. The molecule has 0 saturated heterocycles. The van der Waals surface area contributed by atoms with E-state index >= 15 is 0 Å². The lowest BCUT2D eigenvalue weighted by molar-refractivity contribution is -0.120. The zero-order valence-corrected chi connectivity index (χ0v) is 8.00. The van der Waals surface area contributed by atoms with Gasteiger partial charge in [0.15, 0.2) is 0 Å². The minimum absolute atomic E-state index is 0.124. The Bertz CT molecular complexity index is 235. The fraction of sp³-hybridized carbons (Fsp3) is 0.545. The van der Waals surface area contributed by atoms with Crippen molar-refractivity contribution in [1.82, 2.24) is 0 Å². The molecule has 0 bridgehead atoms. The molecule has 0 aromatic heterocycles. The molecule has 1 aliphatic rings. The summed E-state index contributed by atoms with van der Waals surface area (Å²) in [4.78, 5) is 11.2. The van der Waals surface area contributed by atoms with Gasteiger partial charge in [-0.05, 0) is 26.2 Å². The molecule has 66 valence electrons. The van der Waals surface area contributed by atoms with Crippen LogP contribution in [-0.4, -0.2) is 5.78 Å². The standard InChI is InChI=1S/C11H16O/c1-4-10-7-8(2)5-6-11(10)9(3)12/h5-7,10-11H,4H2,1-3H3. The highest BCUT2D eigenvalue weighted by atomic mass is 16.1. The van der Waals surface area contributed by atoms with E-state index in [0.717, 1.165) is 6.42 Å². The van der Waals surface area contributed by atoms with Gasteiger partial charge in [-0.25, -0.2) is 0 Å². The van der Waals surface area contributed by atoms with E-state index in [2.05, 4.69) is 19.9 Å². The van der Waals surface area contributed by atoms with Crippen LogP contribution in [0.3, 0.4) is 0 Å². The van der Waals surface area contributed by atoms with Crippen molar-refractivity contribution in [2.45, 2.75) is 27.2 Å². The van der Waals surface area contributed by atoms with Crippen molar-refractivity contribution in [3.63, 3.8) is 0 Å². The van der Waals surface area contributed by atoms with E-state index in [-0.39, 0.29) is 11.7 Å². The predicted octanol–water partition coefficient (Wildman–Crippen LogP) is 2.73. The largest absolute Gasteiger partial charge is 0.299 e. The number of hydrogen-bond acceptors (Lipinski definition) is 1. The highest BCUT2D eigenvalue weighted by Crippen LogP contribution is 2.26. The molecule has 0 amide bonds. The fourth-order valence-electron chi connectivity index (χ4n) is 1.70. The van der Waals surface area contributed by atoms with Gasteiger partial charge in [0.25, 0.3) is 0 Å². The lowest BCUT2D eigenvalue weighted by atomic mass is 9.82. The normalized spacial score (nSPS) is 28.4. The zero-order chi connectivity index (χ0) is 9.14. The Morgan fingerprint density at radius 1 is 1.58 bits per heavy atom. The molecular weight excluding hydrogens is 148 g/mol. The summed E-state index contributed by atoms with van der Waals surface area (Å²) in [6.45, 7) is 5.88. The first kappa shape index (κ1) is 9.24. The maximum absolute atomic E-state index is 11.2. The molecule has 2 atom stereocenters. The molecule has 0 fully saturated rings. The van der Waals surface area contributed by atoms with Crippen LogP contribution in [0.25, 0.3) is 0 Å². The first-order valence-corrected chi connectivity index (χ1v) is 4.52. The van der Waals surface area contributed by atoms with Gasteiger partial charge in [-0.1, -0.05) is 30.7 Å². The van der Waals surface area contributed by atoms with Crippen molar-refractivity contribution in [1.29, 1.82) is 0 Å². The van der Waals surface area contributed by atoms with E-state index in [4.69, 9.17) is 0 Å². The summed E-state index contributed by atoms with van der Waals surface area (Å²) in [5, 5.41) is 0. The fourth-order valence-corrected chi connectivity index (χ4v) is 1.70. The van der Waals surface area contributed by atoms with Crippen molar-refractivity contribution in [3.05, 3.63) is 23.8 Å². The Morgan fingerprint density at radius 3 is 2.75 bits per heavy atom. The number of carbonyl (C=O) groups is 1. The van der Waals surface area contributed by atoms with Crippen LogP contribution in [0.5, 0.6) is 0 Å². The molecule has 0 spiro atoms. The quantitative estimate of drug-likeness (QED) is 0.613. The van der Waals surface area contributed by atoms with Crippen LogP contribution in [0.15, 0.2) is 23.8 Å². The van der Waals surface area contributed by atoms with Gasteiger partial charge in [-0.15, -0.1) is 0 Å². The first-order valence-electron chi connectivity index (χ1n) is 4.52. The molecule has 1 heteroatoms. The molecule has 2 unspecified atom stereocenters.